The molecule has 0 amide bonds. The zero-order valence-electron chi connectivity index (χ0n) is 11.5. The number of aromatic hydroxyl groups is 1. The lowest BCUT2D eigenvalue weighted by Crippen LogP contribution is -1.91. The van der Waals surface area contributed by atoms with Crippen molar-refractivity contribution in [3.63, 3.8) is 0 Å². The first-order valence-corrected chi connectivity index (χ1v) is 7.03. The Hall–Kier alpha value is -2.74. The number of anilines is 1. The van der Waals surface area contributed by atoms with Gasteiger partial charge in [-0.15, -0.1) is 0 Å². The third kappa shape index (κ3) is 1.73. The maximum absolute atomic E-state index is 10.3. The van der Waals surface area contributed by atoms with Crippen LogP contribution in [-0.2, 0) is 6.42 Å². The highest BCUT2D eigenvalue weighted by molar-refractivity contribution is 5.87. The smallest absolute Gasteiger partial charge is 0.146 e. The molecule has 3 aromatic carbocycles. The number of hydrogen-bond acceptors (Lipinski definition) is 2. The summed E-state index contributed by atoms with van der Waals surface area (Å²) >= 11 is 0. The molecule has 0 radical (unpaired) electrons. The Balaban J connectivity index is 1.97. The molecule has 21 heavy (non-hydrogen) atoms. The number of para-hydroxylation sites is 1. The normalized spacial score (nSPS) is 12.0. The molecule has 2 heteroatoms. The van der Waals surface area contributed by atoms with E-state index in [1.165, 1.54) is 22.3 Å². The second kappa shape index (κ2) is 4.38. The lowest BCUT2D eigenvalue weighted by molar-refractivity contribution is 0.480. The maximum atomic E-state index is 10.3. The van der Waals surface area contributed by atoms with E-state index in [0.717, 1.165) is 17.5 Å². The predicted octanol–water partition coefficient (Wildman–Crippen LogP) is 4.21. The van der Waals surface area contributed by atoms with Crippen molar-refractivity contribution in [1.82, 2.24) is 0 Å². The Morgan fingerprint density at radius 2 is 1.33 bits per heavy atom. The molecule has 3 N–H and O–H groups in total. The van der Waals surface area contributed by atoms with E-state index in [-0.39, 0.29) is 5.75 Å². The SMILES string of the molecule is Nc1cccc(-c2cccc3c2Cc2ccccc2-3)c1O. The van der Waals surface area contributed by atoms with Crippen molar-refractivity contribution >= 4 is 5.69 Å². The summed E-state index contributed by atoms with van der Waals surface area (Å²) in [6.07, 6.45) is 0.899. The average molecular weight is 273 g/mol. The number of phenolic OH excluding ortho intramolecular Hbond substituents is 1. The molecule has 0 heterocycles. The number of hydrogen-bond donors (Lipinski definition) is 2. The second-order valence-corrected chi connectivity index (χ2v) is 5.41. The summed E-state index contributed by atoms with van der Waals surface area (Å²) < 4.78 is 0. The number of fused-ring (bicyclic) bond motifs is 3. The summed E-state index contributed by atoms with van der Waals surface area (Å²) in [5.74, 6) is 0.168. The largest absolute Gasteiger partial charge is 0.505 e. The number of nitrogen functional groups attached to an aromatic ring is 1. The fourth-order valence-corrected chi connectivity index (χ4v) is 3.19. The highest BCUT2D eigenvalue weighted by Gasteiger charge is 2.22. The minimum absolute atomic E-state index is 0.168. The van der Waals surface area contributed by atoms with Crippen LogP contribution in [0.5, 0.6) is 5.75 Å². The quantitative estimate of drug-likeness (QED) is 0.403. The fourth-order valence-electron chi connectivity index (χ4n) is 3.19. The van der Waals surface area contributed by atoms with Gasteiger partial charge in [0.1, 0.15) is 5.75 Å². The molecule has 0 unspecified atom stereocenters. The molecule has 0 saturated heterocycles. The van der Waals surface area contributed by atoms with Gasteiger partial charge in [-0.25, -0.2) is 0 Å². The highest BCUT2D eigenvalue weighted by Crippen LogP contribution is 2.44. The van der Waals surface area contributed by atoms with Crippen molar-refractivity contribution in [2.24, 2.45) is 0 Å². The summed E-state index contributed by atoms with van der Waals surface area (Å²) in [4.78, 5) is 0. The van der Waals surface area contributed by atoms with Gasteiger partial charge in [-0.05, 0) is 40.3 Å². The summed E-state index contributed by atoms with van der Waals surface area (Å²) in [5, 5.41) is 10.3. The Kier molecular flexibility index (Phi) is 2.51. The third-order valence-electron chi connectivity index (χ3n) is 4.21. The summed E-state index contributed by atoms with van der Waals surface area (Å²) in [6.45, 7) is 0. The number of benzene rings is 3. The topological polar surface area (TPSA) is 46.2 Å². The Morgan fingerprint density at radius 3 is 2.19 bits per heavy atom. The molecule has 102 valence electrons. The van der Waals surface area contributed by atoms with Gasteiger partial charge in [-0.2, -0.15) is 0 Å². The van der Waals surface area contributed by atoms with Crippen LogP contribution < -0.4 is 5.73 Å². The highest BCUT2D eigenvalue weighted by atomic mass is 16.3. The Labute approximate surface area is 123 Å². The van der Waals surface area contributed by atoms with Crippen LogP contribution in [0, 0.1) is 0 Å². The van der Waals surface area contributed by atoms with Crippen molar-refractivity contribution in [1.29, 1.82) is 0 Å². The zero-order valence-corrected chi connectivity index (χ0v) is 11.5. The molecule has 0 aliphatic heterocycles. The molecule has 3 aromatic rings. The van der Waals surface area contributed by atoms with Crippen LogP contribution >= 0.6 is 0 Å². The first-order valence-electron chi connectivity index (χ1n) is 7.03. The predicted molar refractivity (Wildman–Crippen MR) is 86.2 cm³/mol. The summed E-state index contributed by atoms with van der Waals surface area (Å²) in [7, 11) is 0. The number of rotatable bonds is 1. The van der Waals surface area contributed by atoms with Crippen LogP contribution in [0.25, 0.3) is 22.3 Å². The Bertz CT molecular complexity index is 852. The number of nitrogens with two attached hydrogens (primary N) is 1. The first-order chi connectivity index (χ1) is 10.3. The van der Waals surface area contributed by atoms with E-state index in [0.29, 0.717) is 5.69 Å². The molecule has 0 fully saturated rings. The van der Waals surface area contributed by atoms with Gasteiger partial charge in [-0.1, -0.05) is 54.6 Å². The van der Waals surface area contributed by atoms with E-state index in [1.54, 1.807) is 6.07 Å². The van der Waals surface area contributed by atoms with Gasteiger partial charge in [0.05, 0.1) is 5.69 Å². The van der Waals surface area contributed by atoms with E-state index in [4.69, 9.17) is 5.73 Å². The zero-order chi connectivity index (χ0) is 14.4. The molecular formula is C19H15NO. The van der Waals surface area contributed by atoms with Crippen LogP contribution in [0.1, 0.15) is 11.1 Å². The van der Waals surface area contributed by atoms with E-state index in [2.05, 4.69) is 36.4 Å². The van der Waals surface area contributed by atoms with Gasteiger partial charge < -0.3 is 10.8 Å². The van der Waals surface area contributed by atoms with Gasteiger partial charge >= 0.3 is 0 Å². The van der Waals surface area contributed by atoms with Crippen LogP contribution in [0.15, 0.2) is 60.7 Å². The molecule has 0 aromatic heterocycles. The van der Waals surface area contributed by atoms with Crippen molar-refractivity contribution in [3.8, 4) is 28.0 Å². The lowest BCUT2D eigenvalue weighted by Gasteiger charge is -2.11. The molecule has 0 atom stereocenters. The average Bonchev–Trinajstić information content (AvgIpc) is 2.89. The summed E-state index contributed by atoms with van der Waals surface area (Å²) in [6, 6.07) is 20.2. The first kappa shape index (κ1) is 12.0. The van der Waals surface area contributed by atoms with Crippen molar-refractivity contribution < 1.29 is 5.11 Å². The Morgan fingerprint density at radius 1 is 0.714 bits per heavy atom. The second-order valence-electron chi connectivity index (χ2n) is 5.41. The van der Waals surface area contributed by atoms with Crippen LogP contribution in [0.4, 0.5) is 5.69 Å². The van der Waals surface area contributed by atoms with Crippen LogP contribution in [-0.4, -0.2) is 5.11 Å². The van der Waals surface area contributed by atoms with Crippen molar-refractivity contribution in [3.05, 3.63) is 71.8 Å². The fraction of sp³-hybridized carbons (Fsp3) is 0.0526. The van der Waals surface area contributed by atoms with E-state index in [9.17, 15) is 5.11 Å². The molecule has 0 bridgehead atoms. The van der Waals surface area contributed by atoms with Crippen molar-refractivity contribution in [2.45, 2.75) is 6.42 Å². The molecule has 0 saturated carbocycles. The third-order valence-corrected chi connectivity index (χ3v) is 4.21. The van der Waals surface area contributed by atoms with Gasteiger partial charge in [0, 0.05) is 5.56 Å². The van der Waals surface area contributed by atoms with Crippen LogP contribution in [0.2, 0.25) is 0 Å². The van der Waals surface area contributed by atoms with Gasteiger partial charge in [-0.3, -0.25) is 0 Å². The monoisotopic (exact) mass is 273 g/mol. The van der Waals surface area contributed by atoms with E-state index < -0.39 is 0 Å². The molecule has 4 rings (SSSR count). The van der Waals surface area contributed by atoms with Gasteiger partial charge in [0.2, 0.25) is 0 Å². The maximum Gasteiger partial charge on any atom is 0.146 e. The molecule has 1 aliphatic rings. The van der Waals surface area contributed by atoms with Crippen LogP contribution in [0.3, 0.4) is 0 Å². The molecule has 1 aliphatic carbocycles. The minimum atomic E-state index is 0.168. The number of phenols is 1. The lowest BCUT2D eigenvalue weighted by atomic mass is 9.95. The molecular weight excluding hydrogens is 258 g/mol. The molecule has 2 nitrogen and oxygen atoms in total. The van der Waals surface area contributed by atoms with Gasteiger partial charge in [0.15, 0.2) is 0 Å². The minimum Gasteiger partial charge on any atom is -0.505 e. The molecule has 0 spiro atoms. The van der Waals surface area contributed by atoms with Gasteiger partial charge in [0.25, 0.3) is 0 Å². The van der Waals surface area contributed by atoms with E-state index >= 15 is 0 Å². The van der Waals surface area contributed by atoms with Crippen molar-refractivity contribution in [2.75, 3.05) is 5.73 Å². The summed E-state index contributed by atoms with van der Waals surface area (Å²) in [5.41, 5.74) is 13.3. The van der Waals surface area contributed by atoms with E-state index in [1.807, 2.05) is 18.2 Å². The standard InChI is InChI=1S/C19H15NO/c20-18-10-4-9-16(19(18)21)15-8-3-7-14-13-6-2-1-5-12(13)11-17(14)15/h1-10,21H,11,20H2.